The highest BCUT2D eigenvalue weighted by Crippen LogP contribution is 2.37. The van der Waals surface area contributed by atoms with E-state index < -0.39 is 0 Å². The Labute approximate surface area is 150 Å². The van der Waals surface area contributed by atoms with Crippen molar-refractivity contribution >= 4 is 0 Å². The number of pyridine rings is 1. The number of aromatic nitrogens is 1. The van der Waals surface area contributed by atoms with Crippen LogP contribution >= 0.6 is 0 Å². The van der Waals surface area contributed by atoms with Gasteiger partial charge in [-0.1, -0.05) is 6.07 Å². The van der Waals surface area contributed by atoms with E-state index in [0.29, 0.717) is 6.61 Å². The standard InChI is InChI=1S/C20H27N3O2/c1-14-6-5-7-17(22-14)20-16-13-19(25-11-10-23(2)3)18(24-4)12-15(16)8-9-21-20/h5-7,12-13,20-21H,8-11H2,1-4H3. The van der Waals surface area contributed by atoms with E-state index in [2.05, 4.69) is 34.5 Å². The number of hydrogen-bond donors (Lipinski definition) is 1. The molecule has 2 heterocycles. The van der Waals surface area contributed by atoms with Gasteiger partial charge in [0.1, 0.15) is 6.61 Å². The monoisotopic (exact) mass is 341 g/mol. The highest BCUT2D eigenvalue weighted by molar-refractivity contribution is 5.51. The Hall–Kier alpha value is -2.11. The zero-order valence-electron chi connectivity index (χ0n) is 15.5. The van der Waals surface area contributed by atoms with Crippen molar-refractivity contribution in [3.8, 4) is 11.5 Å². The van der Waals surface area contributed by atoms with E-state index in [1.807, 2.05) is 27.1 Å². The first-order valence-corrected chi connectivity index (χ1v) is 8.73. The van der Waals surface area contributed by atoms with Crippen LogP contribution in [0.3, 0.4) is 0 Å². The van der Waals surface area contributed by atoms with Crippen LogP contribution in [0.5, 0.6) is 11.5 Å². The summed E-state index contributed by atoms with van der Waals surface area (Å²) in [4.78, 5) is 6.82. The number of nitrogens with one attached hydrogen (secondary N) is 1. The summed E-state index contributed by atoms with van der Waals surface area (Å²) in [5.41, 5.74) is 4.60. The van der Waals surface area contributed by atoms with Crippen molar-refractivity contribution in [2.45, 2.75) is 19.4 Å². The van der Waals surface area contributed by atoms with E-state index in [1.165, 1.54) is 11.1 Å². The first kappa shape index (κ1) is 17.7. The first-order chi connectivity index (χ1) is 12.1. The molecule has 0 saturated heterocycles. The van der Waals surface area contributed by atoms with Gasteiger partial charge in [0.25, 0.3) is 0 Å². The van der Waals surface area contributed by atoms with Crippen molar-refractivity contribution in [2.75, 3.05) is 40.9 Å². The molecule has 1 aliphatic rings. The maximum absolute atomic E-state index is 6.00. The van der Waals surface area contributed by atoms with Gasteiger partial charge in [0.05, 0.1) is 18.8 Å². The van der Waals surface area contributed by atoms with Gasteiger partial charge in [-0.3, -0.25) is 4.98 Å². The Balaban J connectivity index is 1.94. The minimum Gasteiger partial charge on any atom is -0.493 e. The van der Waals surface area contributed by atoms with Gasteiger partial charge in [-0.15, -0.1) is 0 Å². The number of ether oxygens (including phenoxy) is 2. The molecular weight excluding hydrogens is 314 g/mol. The van der Waals surface area contributed by atoms with Crippen molar-refractivity contribution < 1.29 is 9.47 Å². The number of likely N-dealkylation sites (N-methyl/N-ethyl adjacent to an activating group) is 1. The van der Waals surface area contributed by atoms with E-state index in [4.69, 9.17) is 14.5 Å². The Morgan fingerprint density at radius 1 is 1.24 bits per heavy atom. The molecule has 0 spiro atoms. The average molecular weight is 341 g/mol. The molecule has 5 nitrogen and oxygen atoms in total. The minimum absolute atomic E-state index is 0.0887. The highest BCUT2D eigenvalue weighted by atomic mass is 16.5. The Bertz CT molecular complexity index is 731. The quantitative estimate of drug-likeness (QED) is 0.875. The SMILES string of the molecule is COc1cc2c(cc1OCCN(C)C)C(c1cccc(C)n1)NCC2. The van der Waals surface area contributed by atoms with Crippen LogP contribution in [-0.2, 0) is 6.42 Å². The van der Waals surface area contributed by atoms with Crippen molar-refractivity contribution in [1.29, 1.82) is 0 Å². The molecule has 1 atom stereocenters. The van der Waals surface area contributed by atoms with Gasteiger partial charge in [0, 0.05) is 18.8 Å². The maximum Gasteiger partial charge on any atom is 0.161 e. The van der Waals surface area contributed by atoms with Gasteiger partial charge >= 0.3 is 0 Å². The predicted octanol–water partition coefficient (Wildman–Crippen LogP) is 2.57. The zero-order valence-corrected chi connectivity index (χ0v) is 15.5. The van der Waals surface area contributed by atoms with Gasteiger partial charge in [-0.05, 0) is 62.8 Å². The Kier molecular flexibility index (Phi) is 5.56. The summed E-state index contributed by atoms with van der Waals surface area (Å²) in [5, 5.41) is 3.59. The average Bonchev–Trinajstić information content (AvgIpc) is 2.60. The molecule has 0 amide bonds. The van der Waals surface area contributed by atoms with Gasteiger partial charge < -0.3 is 19.7 Å². The fourth-order valence-electron chi connectivity index (χ4n) is 3.16. The lowest BCUT2D eigenvalue weighted by atomic mass is 9.91. The third kappa shape index (κ3) is 4.11. The number of fused-ring (bicyclic) bond motifs is 1. The van der Waals surface area contributed by atoms with Gasteiger partial charge in [0.2, 0.25) is 0 Å². The Morgan fingerprint density at radius 2 is 2.08 bits per heavy atom. The lowest BCUT2D eigenvalue weighted by Crippen LogP contribution is -2.31. The largest absolute Gasteiger partial charge is 0.493 e. The summed E-state index contributed by atoms with van der Waals surface area (Å²) in [6.45, 7) is 4.44. The maximum atomic E-state index is 6.00. The molecule has 5 heteroatoms. The second-order valence-corrected chi connectivity index (χ2v) is 6.69. The Morgan fingerprint density at radius 3 is 2.80 bits per heavy atom. The normalized spacial score (nSPS) is 16.6. The number of nitrogens with zero attached hydrogens (tertiary/aromatic N) is 2. The van der Waals surface area contributed by atoms with E-state index >= 15 is 0 Å². The summed E-state index contributed by atoms with van der Waals surface area (Å²) >= 11 is 0. The molecule has 0 bridgehead atoms. The summed E-state index contributed by atoms with van der Waals surface area (Å²) in [6.07, 6.45) is 0.978. The molecule has 0 aliphatic carbocycles. The molecule has 1 aromatic carbocycles. The van der Waals surface area contributed by atoms with Crippen LogP contribution in [0.4, 0.5) is 0 Å². The van der Waals surface area contributed by atoms with Gasteiger partial charge in [-0.25, -0.2) is 0 Å². The van der Waals surface area contributed by atoms with E-state index in [9.17, 15) is 0 Å². The van der Waals surface area contributed by atoms with Crippen molar-refractivity contribution in [3.63, 3.8) is 0 Å². The fourth-order valence-corrected chi connectivity index (χ4v) is 3.16. The molecule has 134 valence electrons. The minimum atomic E-state index is 0.0887. The molecule has 1 unspecified atom stereocenters. The lowest BCUT2D eigenvalue weighted by Gasteiger charge is -2.28. The third-order valence-electron chi connectivity index (χ3n) is 4.48. The van der Waals surface area contributed by atoms with Crippen molar-refractivity contribution in [3.05, 3.63) is 52.8 Å². The van der Waals surface area contributed by atoms with Gasteiger partial charge in [0.15, 0.2) is 11.5 Å². The fraction of sp³-hybridized carbons (Fsp3) is 0.450. The van der Waals surface area contributed by atoms with Gasteiger partial charge in [-0.2, -0.15) is 0 Å². The highest BCUT2D eigenvalue weighted by Gasteiger charge is 2.25. The van der Waals surface area contributed by atoms with Crippen LogP contribution in [-0.4, -0.2) is 50.8 Å². The number of rotatable bonds is 6. The van der Waals surface area contributed by atoms with E-state index in [-0.39, 0.29) is 6.04 Å². The third-order valence-corrected chi connectivity index (χ3v) is 4.48. The van der Waals surface area contributed by atoms with Crippen LogP contribution in [0.25, 0.3) is 0 Å². The summed E-state index contributed by atoms with van der Waals surface area (Å²) < 4.78 is 11.6. The molecule has 0 radical (unpaired) electrons. The molecule has 1 N–H and O–H groups in total. The molecule has 1 aliphatic heterocycles. The smallest absolute Gasteiger partial charge is 0.161 e. The van der Waals surface area contributed by atoms with Crippen LogP contribution in [0.15, 0.2) is 30.3 Å². The number of hydrogen-bond acceptors (Lipinski definition) is 5. The second kappa shape index (κ2) is 7.85. The molecule has 25 heavy (non-hydrogen) atoms. The number of methoxy groups -OCH3 is 1. The van der Waals surface area contributed by atoms with E-state index in [0.717, 1.165) is 42.4 Å². The molecular formula is C20H27N3O2. The molecule has 0 saturated carbocycles. The number of benzene rings is 1. The van der Waals surface area contributed by atoms with Crippen LogP contribution in [0.1, 0.15) is 28.6 Å². The molecule has 1 aromatic heterocycles. The van der Waals surface area contributed by atoms with Crippen molar-refractivity contribution in [1.82, 2.24) is 15.2 Å². The predicted molar refractivity (Wildman–Crippen MR) is 99.6 cm³/mol. The van der Waals surface area contributed by atoms with Crippen molar-refractivity contribution in [2.24, 2.45) is 0 Å². The molecule has 2 aromatic rings. The van der Waals surface area contributed by atoms with Crippen LogP contribution in [0.2, 0.25) is 0 Å². The second-order valence-electron chi connectivity index (χ2n) is 6.69. The summed E-state index contributed by atoms with van der Waals surface area (Å²) in [5.74, 6) is 1.60. The van der Waals surface area contributed by atoms with Crippen LogP contribution in [0, 0.1) is 6.92 Å². The summed E-state index contributed by atoms with van der Waals surface area (Å²) in [7, 11) is 5.77. The van der Waals surface area contributed by atoms with E-state index in [1.54, 1.807) is 7.11 Å². The molecule has 0 fully saturated rings. The zero-order chi connectivity index (χ0) is 17.8. The lowest BCUT2D eigenvalue weighted by molar-refractivity contribution is 0.250. The van der Waals surface area contributed by atoms with Crippen LogP contribution < -0.4 is 14.8 Å². The number of aryl methyl sites for hydroxylation is 1. The topological polar surface area (TPSA) is 46.6 Å². The molecule has 3 rings (SSSR count). The first-order valence-electron chi connectivity index (χ1n) is 8.73. The summed E-state index contributed by atoms with van der Waals surface area (Å²) in [6, 6.07) is 10.5.